The molecular formula is C22H22FN3O3. The molecule has 0 radical (unpaired) electrons. The van der Waals surface area contributed by atoms with Gasteiger partial charge in [0.15, 0.2) is 0 Å². The second-order valence-electron chi connectivity index (χ2n) is 7.39. The second kappa shape index (κ2) is 8.13. The molecule has 3 amide bonds. The number of hydrogen-bond acceptors (Lipinski definition) is 4. The van der Waals surface area contributed by atoms with Crippen LogP contribution in [0, 0.1) is 5.82 Å². The van der Waals surface area contributed by atoms with Crippen molar-refractivity contribution in [3.05, 3.63) is 70.5 Å². The highest BCUT2D eigenvalue weighted by Crippen LogP contribution is 2.26. The Bertz CT molecular complexity index is 970. The molecule has 1 N–H and O–H groups in total. The first-order valence-electron chi connectivity index (χ1n) is 9.78. The van der Waals surface area contributed by atoms with Crippen molar-refractivity contribution in [2.75, 3.05) is 26.2 Å². The molecule has 6 nitrogen and oxygen atoms in total. The average molecular weight is 395 g/mol. The van der Waals surface area contributed by atoms with Crippen molar-refractivity contribution in [2.24, 2.45) is 0 Å². The van der Waals surface area contributed by atoms with Crippen molar-refractivity contribution in [1.29, 1.82) is 0 Å². The minimum Gasteiger partial charge on any atom is -0.351 e. The van der Waals surface area contributed by atoms with Crippen molar-refractivity contribution in [3.8, 4) is 0 Å². The predicted molar refractivity (Wildman–Crippen MR) is 105 cm³/mol. The van der Waals surface area contributed by atoms with Crippen molar-refractivity contribution in [3.63, 3.8) is 0 Å². The van der Waals surface area contributed by atoms with Gasteiger partial charge in [-0.05, 0) is 61.8 Å². The number of nitrogens with one attached hydrogen (secondary N) is 1. The van der Waals surface area contributed by atoms with E-state index in [9.17, 15) is 18.8 Å². The molecule has 4 rings (SSSR count). The lowest BCUT2D eigenvalue weighted by atomic mass is 10.1. The van der Waals surface area contributed by atoms with Crippen LogP contribution in [0.15, 0.2) is 42.5 Å². The Balaban J connectivity index is 1.44. The number of carbonyl (C=O) groups is 3. The number of amides is 3. The molecule has 2 heterocycles. The van der Waals surface area contributed by atoms with Crippen molar-refractivity contribution in [2.45, 2.75) is 19.4 Å². The van der Waals surface area contributed by atoms with Crippen LogP contribution >= 0.6 is 0 Å². The van der Waals surface area contributed by atoms with Crippen LogP contribution in [0.5, 0.6) is 0 Å². The highest BCUT2D eigenvalue weighted by atomic mass is 19.1. The molecule has 150 valence electrons. The number of nitrogens with zero attached hydrogens (tertiary/aromatic N) is 2. The third-order valence-corrected chi connectivity index (χ3v) is 5.37. The molecule has 0 atom stereocenters. The summed E-state index contributed by atoms with van der Waals surface area (Å²) in [7, 11) is 0. The van der Waals surface area contributed by atoms with Crippen LogP contribution in [0.4, 0.5) is 4.39 Å². The molecule has 0 aliphatic carbocycles. The zero-order valence-corrected chi connectivity index (χ0v) is 16.0. The molecule has 2 aromatic rings. The number of hydrogen-bond donors (Lipinski definition) is 1. The maximum Gasteiger partial charge on any atom is 0.261 e. The van der Waals surface area contributed by atoms with Crippen LogP contribution in [-0.2, 0) is 6.54 Å². The van der Waals surface area contributed by atoms with Gasteiger partial charge in [-0.25, -0.2) is 4.39 Å². The lowest BCUT2D eigenvalue weighted by Crippen LogP contribution is -2.33. The zero-order valence-electron chi connectivity index (χ0n) is 16.0. The van der Waals surface area contributed by atoms with Crippen molar-refractivity contribution in [1.82, 2.24) is 15.1 Å². The van der Waals surface area contributed by atoms with Crippen LogP contribution in [0.1, 0.15) is 49.5 Å². The van der Waals surface area contributed by atoms with E-state index < -0.39 is 17.6 Å². The zero-order chi connectivity index (χ0) is 20.4. The number of carbonyl (C=O) groups excluding carboxylic acids is 3. The summed E-state index contributed by atoms with van der Waals surface area (Å²) < 4.78 is 13.4. The molecule has 29 heavy (non-hydrogen) atoms. The summed E-state index contributed by atoms with van der Waals surface area (Å²) in [6.07, 6.45) is 2.39. The minimum atomic E-state index is -0.471. The standard InChI is InChI=1S/C22H22FN3O3/c23-17-5-3-4-15(12-17)14-26-21(28)18-7-6-16(13-19(18)22(26)29)20(27)24-8-11-25-9-1-2-10-25/h3-7,12-13H,1-2,8-11,14H2,(H,24,27). The number of imide groups is 1. The molecule has 2 aliphatic heterocycles. The topological polar surface area (TPSA) is 69.7 Å². The van der Waals surface area contributed by atoms with E-state index in [-0.39, 0.29) is 23.6 Å². The van der Waals surface area contributed by atoms with Gasteiger partial charge in [0.1, 0.15) is 5.82 Å². The van der Waals surface area contributed by atoms with E-state index in [2.05, 4.69) is 10.2 Å². The Morgan fingerprint density at radius 2 is 1.76 bits per heavy atom. The van der Waals surface area contributed by atoms with Crippen LogP contribution in [-0.4, -0.2) is 53.7 Å². The summed E-state index contributed by atoms with van der Waals surface area (Å²) in [4.78, 5) is 41.1. The lowest BCUT2D eigenvalue weighted by Gasteiger charge is -2.14. The first kappa shape index (κ1) is 19.3. The Kier molecular flexibility index (Phi) is 5.40. The third kappa shape index (κ3) is 4.05. The summed E-state index contributed by atoms with van der Waals surface area (Å²) >= 11 is 0. The predicted octanol–water partition coefficient (Wildman–Crippen LogP) is 2.45. The van der Waals surface area contributed by atoms with Crippen molar-refractivity contribution < 1.29 is 18.8 Å². The van der Waals surface area contributed by atoms with Gasteiger partial charge >= 0.3 is 0 Å². The van der Waals surface area contributed by atoms with E-state index in [0.717, 1.165) is 24.5 Å². The van der Waals surface area contributed by atoms with E-state index in [1.807, 2.05) is 0 Å². The molecule has 7 heteroatoms. The minimum absolute atomic E-state index is 0.0124. The van der Waals surface area contributed by atoms with E-state index in [0.29, 0.717) is 17.7 Å². The third-order valence-electron chi connectivity index (χ3n) is 5.37. The normalized spacial score (nSPS) is 16.4. The summed E-state index contributed by atoms with van der Waals surface area (Å²) in [5.41, 5.74) is 1.34. The summed E-state index contributed by atoms with van der Waals surface area (Å²) in [5, 5.41) is 2.87. The molecule has 1 saturated heterocycles. The molecule has 0 aromatic heterocycles. The fraction of sp³-hybridized carbons (Fsp3) is 0.318. The average Bonchev–Trinajstić information content (AvgIpc) is 3.31. The smallest absolute Gasteiger partial charge is 0.261 e. The highest BCUT2D eigenvalue weighted by molar-refractivity contribution is 6.22. The molecule has 0 unspecified atom stereocenters. The van der Waals surface area contributed by atoms with Crippen LogP contribution in [0.25, 0.3) is 0 Å². The summed E-state index contributed by atoms with van der Waals surface area (Å²) in [5.74, 6) is -1.60. The fourth-order valence-electron chi connectivity index (χ4n) is 3.83. The SMILES string of the molecule is O=C(NCCN1CCCC1)c1ccc2c(c1)C(=O)N(Cc1cccc(F)c1)C2=O. The second-order valence-corrected chi connectivity index (χ2v) is 7.39. The van der Waals surface area contributed by atoms with Crippen LogP contribution in [0.3, 0.4) is 0 Å². The van der Waals surface area contributed by atoms with Gasteiger partial charge in [0.25, 0.3) is 17.7 Å². The molecule has 0 saturated carbocycles. The number of benzene rings is 2. The molecule has 1 fully saturated rings. The fourth-order valence-corrected chi connectivity index (χ4v) is 3.83. The van der Waals surface area contributed by atoms with E-state index in [4.69, 9.17) is 0 Å². The molecule has 0 bridgehead atoms. The quantitative estimate of drug-likeness (QED) is 0.763. The maximum absolute atomic E-state index is 13.4. The van der Waals surface area contributed by atoms with Gasteiger partial charge in [0.05, 0.1) is 17.7 Å². The van der Waals surface area contributed by atoms with Crippen molar-refractivity contribution >= 4 is 17.7 Å². The van der Waals surface area contributed by atoms with Gasteiger partial charge < -0.3 is 10.2 Å². The Labute approximate surface area is 168 Å². The summed E-state index contributed by atoms with van der Waals surface area (Å²) in [6.45, 7) is 3.45. The van der Waals surface area contributed by atoms with Gasteiger partial charge in [-0.3, -0.25) is 19.3 Å². The van der Waals surface area contributed by atoms with Crippen LogP contribution < -0.4 is 5.32 Å². The number of likely N-dealkylation sites (tertiary alicyclic amines) is 1. The molecular weight excluding hydrogens is 373 g/mol. The molecule has 2 aromatic carbocycles. The van der Waals surface area contributed by atoms with Crippen LogP contribution in [0.2, 0.25) is 0 Å². The van der Waals surface area contributed by atoms with E-state index in [1.54, 1.807) is 12.1 Å². The summed E-state index contributed by atoms with van der Waals surface area (Å²) in [6, 6.07) is 10.3. The van der Waals surface area contributed by atoms with Gasteiger partial charge in [-0.2, -0.15) is 0 Å². The molecule has 0 spiro atoms. The maximum atomic E-state index is 13.4. The van der Waals surface area contributed by atoms with E-state index >= 15 is 0 Å². The van der Waals surface area contributed by atoms with Gasteiger partial charge in [0.2, 0.25) is 0 Å². The largest absolute Gasteiger partial charge is 0.351 e. The van der Waals surface area contributed by atoms with Gasteiger partial charge in [0, 0.05) is 18.7 Å². The Morgan fingerprint density at radius 3 is 2.52 bits per heavy atom. The Hall–Kier alpha value is -3.06. The van der Waals surface area contributed by atoms with Gasteiger partial charge in [-0.1, -0.05) is 12.1 Å². The highest BCUT2D eigenvalue weighted by Gasteiger charge is 2.36. The van der Waals surface area contributed by atoms with E-state index in [1.165, 1.54) is 43.2 Å². The monoisotopic (exact) mass is 395 g/mol. The number of rotatable bonds is 6. The first-order chi connectivity index (χ1) is 14.0. The molecule has 2 aliphatic rings. The van der Waals surface area contributed by atoms with Gasteiger partial charge in [-0.15, -0.1) is 0 Å². The Morgan fingerprint density at radius 1 is 1.00 bits per heavy atom. The number of fused-ring (bicyclic) bond motifs is 1. The number of halogens is 1. The lowest BCUT2D eigenvalue weighted by molar-refractivity contribution is 0.0642. The first-order valence-corrected chi connectivity index (χ1v) is 9.78.